The number of aromatic amines is 1. The minimum Gasteiger partial charge on any atom is -0.508 e. The number of H-pyrrole nitrogens is 1. The van der Waals surface area contributed by atoms with Crippen LogP contribution in [-0.4, -0.2) is 81.7 Å². The molecule has 2 fully saturated rings. The van der Waals surface area contributed by atoms with Crippen LogP contribution in [0.25, 0.3) is 10.9 Å². The molecule has 35 heavy (non-hydrogen) atoms. The molecule has 0 bridgehead atoms. The third-order valence-corrected chi connectivity index (χ3v) is 7.79. The fraction of sp³-hybridized carbons (Fsp3) is 0.385. The Morgan fingerprint density at radius 1 is 1.14 bits per heavy atom. The number of imide groups is 1. The number of phenols is 1. The molecule has 4 heterocycles. The number of ether oxygens (including phenoxy) is 1. The van der Waals surface area contributed by atoms with Gasteiger partial charge in [-0.3, -0.25) is 19.5 Å². The standard InChI is InChI=1S/C26H27ClN4O4/c1-26-15-20-19-14-17(27)5-6-21(19)28-22(20)23(16-3-2-4-18(32)13-16)31(26)25(34)30(24(26)33)8-7-29-9-11-35-12-10-29/h2-6,13-14,23,28,32H,7-12,15H2,1H3. The lowest BCUT2D eigenvalue weighted by molar-refractivity contribution is -0.133. The Hall–Kier alpha value is -3.07. The van der Waals surface area contributed by atoms with Crippen molar-refractivity contribution in [3.63, 3.8) is 0 Å². The SMILES string of the molecule is CC12Cc3c([nH]c4ccc(Cl)cc34)C(c3cccc(O)c3)N1C(=O)N(CCN1CCOCC1)C2=O. The molecule has 0 spiro atoms. The normalized spacial score (nSPS) is 24.8. The molecule has 182 valence electrons. The number of urea groups is 1. The zero-order chi connectivity index (χ0) is 24.3. The zero-order valence-corrected chi connectivity index (χ0v) is 20.2. The monoisotopic (exact) mass is 494 g/mol. The summed E-state index contributed by atoms with van der Waals surface area (Å²) < 4.78 is 5.42. The van der Waals surface area contributed by atoms with Crippen molar-refractivity contribution in [2.75, 3.05) is 39.4 Å². The van der Waals surface area contributed by atoms with Gasteiger partial charge in [0.25, 0.3) is 5.91 Å². The van der Waals surface area contributed by atoms with Gasteiger partial charge < -0.3 is 14.8 Å². The highest BCUT2D eigenvalue weighted by Gasteiger charge is 2.60. The van der Waals surface area contributed by atoms with Gasteiger partial charge in [-0.2, -0.15) is 0 Å². The van der Waals surface area contributed by atoms with Crippen LogP contribution in [0.5, 0.6) is 5.75 Å². The van der Waals surface area contributed by atoms with E-state index in [2.05, 4.69) is 9.88 Å². The number of benzene rings is 2. The maximum absolute atomic E-state index is 13.9. The molecule has 0 aliphatic carbocycles. The summed E-state index contributed by atoms with van der Waals surface area (Å²) in [4.78, 5) is 36.5. The second-order valence-corrected chi connectivity index (χ2v) is 10.2. The molecule has 3 aliphatic rings. The van der Waals surface area contributed by atoms with Crippen molar-refractivity contribution in [3.8, 4) is 5.75 Å². The quantitative estimate of drug-likeness (QED) is 0.542. The Morgan fingerprint density at radius 3 is 2.71 bits per heavy atom. The minimum absolute atomic E-state index is 0.109. The number of phenolic OH excluding ortho intramolecular Hbond substituents is 1. The molecular formula is C26H27ClN4O4. The predicted octanol–water partition coefficient (Wildman–Crippen LogP) is 3.53. The van der Waals surface area contributed by atoms with E-state index < -0.39 is 11.6 Å². The summed E-state index contributed by atoms with van der Waals surface area (Å²) in [5.74, 6) is -0.0828. The van der Waals surface area contributed by atoms with E-state index >= 15 is 0 Å². The van der Waals surface area contributed by atoms with Crippen molar-refractivity contribution in [3.05, 3.63) is 64.3 Å². The van der Waals surface area contributed by atoms with E-state index in [4.69, 9.17) is 16.3 Å². The molecule has 8 nitrogen and oxygen atoms in total. The lowest BCUT2D eigenvalue weighted by atomic mass is 9.81. The van der Waals surface area contributed by atoms with Crippen molar-refractivity contribution in [1.82, 2.24) is 19.7 Å². The van der Waals surface area contributed by atoms with Crippen LogP contribution in [0.15, 0.2) is 42.5 Å². The number of rotatable bonds is 4. The number of fused-ring (bicyclic) bond motifs is 4. The third-order valence-electron chi connectivity index (χ3n) is 7.56. The average Bonchev–Trinajstić information content (AvgIpc) is 3.28. The Kier molecular flexibility index (Phi) is 5.28. The molecule has 2 unspecified atom stereocenters. The van der Waals surface area contributed by atoms with E-state index in [1.54, 1.807) is 23.1 Å². The Labute approximate surface area is 208 Å². The van der Waals surface area contributed by atoms with Gasteiger partial charge in [0.05, 0.1) is 13.2 Å². The number of nitrogens with one attached hydrogen (secondary N) is 1. The topological polar surface area (TPSA) is 89.1 Å². The summed E-state index contributed by atoms with van der Waals surface area (Å²) in [6.07, 6.45) is 0.386. The van der Waals surface area contributed by atoms with Gasteiger partial charge in [0.1, 0.15) is 17.3 Å². The van der Waals surface area contributed by atoms with E-state index in [0.29, 0.717) is 37.7 Å². The summed E-state index contributed by atoms with van der Waals surface area (Å²) in [5, 5.41) is 11.8. The lowest BCUT2D eigenvalue weighted by Gasteiger charge is -2.42. The summed E-state index contributed by atoms with van der Waals surface area (Å²) in [5.41, 5.74) is 2.42. The van der Waals surface area contributed by atoms with Crippen LogP contribution in [-0.2, 0) is 16.0 Å². The molecular weight excluding hydrogens is 468 g/mol. The molecule has 2 aromatic carbocycles. The van der Waals surface area contributed by atoms with Crippen molar-refractivity contribution in [2.45, 2.75) is 24.9 Å². The van der Waals surface area contributed by atoms with Crippen molar-refractivity contribution in [1.29, 1.82) is 0 Å². The molecule has 1 aromatic heterocycles. The molecule has 9 heteroatoms. The third kappa shape index (κ3) is 3.51. The number of morpholine rings is 1. The van der Waals surface area contributed by atoms with E-state index in [1.807, 2.05) is 31.2 Å². The summed E-state index contributed by atoms with van der Waals surface area (Å²) in [7, 11) is 0. The van der Waals surface area contributed by atoms with Crippen LogP contribution < -0.4 is 0 Å². The number of amides is 3. The van der Waals surface area contributed by atoms with E-state index in [1.165, 1.54) is 4.90 Å². The highest BCUT2D eigenvalue weighted by Crippen LogP contribution is 2.49. The van der Waals surface area contributed by atoms with Gasteiger partial charge in [-0.1, -0.05) is 23.7 Å². The number of carbonyl (C=O) groups is 2. The fourth-order valence-electron chi connectivity index (χ4n) is 5.79. The van der Waals surface area contributed by atoms with Gasteiger partial charge in [0.15, 0.2) is 0 Å². The summed E-state index contributed by atoms with van der Waals surface area (Å²) in [6, 6.07) is 11.7. The maximum Gasteiger partial charge on any atom is 0.328 e. The molecule has 0 saturated carbocycles. The number of hydrogen-bond acceptors (Lipinski definition) is 5. The van der Waals surface area contributed by atoms with Gasteiger partial charge in [-0.25, -0.2) is 4.79 Å². The molecule has 3 aromatic rings. The Bertz CT molecular complexity index is 1330. The van der Waals surface area contributed by atoms with Crippen LogP contribution in [0.2, 0.25) is 5.02 Å². The molecule has 3 amide bonds. The van der Waals surface area contributed by atoms with Gasteiger partial charge in [0, 0.05) is 54.2 Å². The molecule has 2 N–H and O–H groups in total. The first-order chi connectivity index (χ1) is 16.9. The second-order valence-electron chi connectivity index (χ2n) is 9.72. The van der Waals surface area contributed by atoms with Crippen molar-refractivity contribution in [2.24, 2.45) is 0 Å². The van der Waals surface area contributed by atoms with Gasteiger partial charge in [0.2, 0.25) is 0 Å². The second kappa shape index (κ2) is 8.26. The van der Waals surface area contributed by atoms with Gasteiger partial charge in [-0.05, 0) is 48.4 Å². The number of hydrogen-bond donors (Lipinski definition) is 2. The maximum atomic E-state index is 13.9. The summed E-state index contributed by atoms with van der Waals surface area (Å²) in [6.45, 7) is 5.71. The van der Waals surface area contributed by atoms with Crippen molar-refractivity contribution < 1.29 is 19.4 Å². The first kappa shape index (κ1) is 22.4. The van der Waals surface area contributed by atoms with Crippen LogP contribution in [0.4, 0.5) is 4.79 Å². The zero-order valence-electron chi connectivity index (χ0n) is 19.5. The molecule has 0 radical (unpaired) electrons. The van der Waals surface area contributed by atoms with E-state index in [9.17, 15) is 14.7 Å². The van der Waals surface area contributed by atoms with Crippen molar-refractivity contribution >= 4 is 34.4 Å². The Morgan fingerprint density at radius 2 is 1.94 bits per heavy atom. The Balaban J connectivity index is 1.45. The minimum atomic E-state index is -1.05. The average molecular weight is 495 g/mol. The first-order valence-corrected chi connectivity index (χ1v) is 12.3. The fourth-order valence-corrected chi connectivity index (χ4v) is 5.96. The molecule has 3 aliphatic heterocycles. The summed E-state index contributed by atoms with van der Waals surface area (Å²) >= 11 is 6.33. The predicted molar refractivity (Wildman–Crippen MR) is 132 cm³/mol. The number of carbonyl (C=O) groups excluding carboxylic acids is 2. The van der Waals surface area contributed by atoms with E-state index in [-0.39, 0.29) is 17.7 Å². The molecule has 2 saturated heterocycles. The van der Waals surface area contributed by atoms with Crippen LogP contribution in [0.3, 0.4) is 0 Å². The number of aromatic hydroxyl groups is 1. The smallest absolute Gasteiger partial charge is 0.328 e. The van der Waals surface area contributed by atoms with Crippen LogP contribution in [0.1, 0.15) is 29.8 Å². The number of nitrogens with zero attached hydrogens (tertiary/aromatic N) is 3. The largest absolute Gasteiger partial charge is 0.508 e. The lowest BCUT2D eigenvalue weighted by Crippen LogP contribution is -2.53. The molecule has 2 atom stereocenters. The first-order valence-electron chi connectivity index (χ1n) is 11.9. The highest BCUT2D eigenvalue weighted by molar-refractivity contribution is 6.31. The van der Waals surface area contributed by atoms with Gasteiger partial charge >= 0.3 is 6.03 Å². The molecule has 6 rings (SSSR count). The van der Waals surface area contributed by atoms with Crippen LogP contribution in [0, 0.1) is 0 Å². The highest BCUT2D eigenvalue weighted by atomic mass is 35.5. The van der Waals surface area contributed by atoms with Crippen LogP contribution >= 0.6 is 11.6 Å². The van der Waals surface area contributed by atoms with E-state index in [0.717, 1.165) is 40.8 Å². The number of aromatic nitrogens is 1. The number of halogens is 1. The van der Waals surface area contributed by atoms with Gasteiger partial charge in [-0.15, -0.1) is 0 Å².